The van der Waals surface area contributed by atoms with Gasteiger partial charge in [0.2, 0.25) is 0 Å². The van der Waals surface area contributed by atoms with Crippen LogP contribution in [-0.2, 0) is 9.53 Å². The summed E-state index contributed by atoms with van der Waals surface area (Å²) in [6, 6.07) is 2.26. The lowest BCUT2D eigenvalue weighted by Gasteiger charge is -2.19. The maximum absolute atomic E-state index is 13.7. The van der Waals surface area contributed by atoms with E-state index in [1.807, 2.05) is 13.8 Å². The van der Waals surface area contributed by atoms with Crippen LogP contribution >= 0.6 is 0 Å². The molecule has 6 heteroatoms. The van der Waals surface area contributed by atoms with Crippen molar-refractivity contribution in [3.63, 3.8) is 0 Å². The van der Waals surface area contributed by atoms with Crippen LogP contribution in [0.1, 0.15) is 69.7 Å². The van der Waals surface area contributed by atoms with Crippen molar-refractivity contribution < 1.29 is 23.1 Å². The fraction of sp³-hybridized carbons (Fsp3) is 0.600. The number of carbonyl (C=O) groups excluding carboxylic acids is 2. The molecule has 1 atom stereocenters. The second-order valence-electron chi connectivity index (χ2n) is 6.83. The van der Waals surface area contributed by atoms with E-state index in [-0.39, 0.29) is 12.5 Å². The summed E-state index contributed by atoms with van der Waals surface area (Å²) in [5, 5.41) is 2.41. The van der Waals surface area contributed by atoms with Gasteiger partial charge in [-0.25, -0.2) is 13.6 Å². The van der Waals surface area contributed by atoms with Gasteiger partial charge >= 0.3 is 5.97 Å². The minimum Gasteiger partial charge on any atom is -0.464 e. The molecule has 4 nitrogen and oxygen atoms in total. The lowest BCUT2D eigenvalue weighted by atomic mass is 10.0. The van der Waals surface area contributed by atoms with Gasteiger partial charge in [0.25, 0.3) is 5.91 Å². The topological polar surface area (TPSA) is 55.4 Å². The van der Waals surface area contributed by atoms with Crippen molar-refractivity contribution in [2.24, 2.45) is 5.92 Å². The summed E-state index contributed by atoms with van der Waals surface area (Å²) in [6.07, 6.45) is 5.44. The first-order chi connectivity index (χ1) is 12.4. The molecule has 0 aliphatic carbocycles. The van der Waals surface area contributed by atoms with Crippen molar-refractivity contribution in [3.05, 3.63) is 35.4 Å². The Bertz CT molecular complexity index is 570. The Balaban J connectivity index is 2.65. The van der Waals surface area contributed by atoms with Crippen LogP contribution in [0, 0.1) is 17.6 Å². The van der Waals surface area contributed by atoms with Gasteiger partial charge in [-0.1, -0.05) is 52.5 Å². The number of halogens is 2. The Morgan fingerprint density at radius 1 is 1.08 bits per heavy atom. The van der Waals surface area contributed by atoms with Gasteiger partial charge in [-0.05, 0) is 30.9 Å². The molecule has 1 unspecified atom stereocenters. The molecule has 0 spiro atoms. The van der Waals surface area contributed by atoms with Gasteiger partial charge < -0.3 is 10.1 Å². The molecule has 146 valence electrons. The first kappa shape index (κ1) is 22.1. The summed E-state index contributed by atoms with van der Waals surface area (Å²) in [5.41, 5.74) is -0.686. The molecule has 1 rings (SSSR count). The normalized spacial score (nSPS) is 12.1. The molecule has 1 N–H and O–H groups in total. The van der Waals surface area contributed by atoms with Crippen molar-refractivity contribution in [2.45, 2.75) is 65.3 Å². The molecule has 0 aliphatic heterocycles. The van der Waals surface area contributed by atoms with E-state index in [0.717, 1.165) is 44.2 Å². The molecule has 0 heterocycles. The van der Waals surface area contributed by atoms with Crippen molar-refractivity contribution in [1.82, 2.24) is 5.32 Å². The minimum absolute atomic E-state index is 0.0999. The highest BCUT2D eigenvalue weighted by Gasteiger charge is 2.26. The lowest BCUT2D eigenvalue weighted by Crippen LogP contribution is -2.43. The number of carbonyl (C=O) groups is 2. The number of rotatable bonds is 11. The smallest absolute Gasteiger partial charge is 0.328 e. The van der Waals surface area contributed by atoms with E-state index in [1.165, 1.54) is 6.07 Å². The van der Waals surface area contributed by atoms with Crippen LogP contribution in [0.5, 0.6) is 0 Å². The number of hydrogen-bond donors (Lipinski definition) is 1. The van der Waals surface area contributed by atoms with Crippen LogP contribution in [0.2, 0.25) is 0 Å². The molecule has 0 bridgehead atoms. The van der Waals surface area contributed by atoms with E-state index in [4.69, 9.17) is 4.74 Å². The van der Waals surface area contributed by atoms with Crippen molar-refractivity contribution in [2.75, 3.05) is 6.61 Å². The number of ether oxygens (including phenoxy) is 1. The van der Waals surface area contributed by atoms with E-state index in [9.17, 15) is 18.4 Å². The number of hydrogen-bond acceptors (Lipinski definition) is 3. The summed E-state index contributed by atoms with van der Waals surface area (Å²) in [4.78, 5) is 24.5. The van der Waals surface area contributed by atoms with Crippen LogP contribution in [0.3, 0.4) is 0 Å². The van der Waals surface area contributed by atoms with Crippen molar-refractivity contribution in [3.8, 4) is 0 Å². The maximum atomic E-state index is 13.7. The quantitative estimate of drug-likeness (QED) is 0.457. The molecular weight excluding hydrogens is 340 g/mol. The summed E-state index contributed by atoms with van der Waals surface area (Å²) >= 11 is 0. The summed E-state index contributed by atoms with van der Waals surface area (Å²) in [7, 11) is 0. The first-order valence-electron chi connectivity index (χ1n) is 9.28. The van der Waals surface area contributed by atoms with E-state index in [0.29, 0.717) is 6.42 Å². The molecule has 0 aromatic heterocycles. The molecule has 0 aliphatic rings. The van der Waals surface area contributed by atoms with Crippen molar-refractivity contribution >= 4 is 11.9 Å². The molecule has 1 aromatic carbocycles. The van der Waals surface area contributed by atoms with Gasteiger partial charge in [0.15, 0.2) is 0 Å². The average molecular weight is 369 g/mol. The third-order valence-electron chi connectivity index (χ3n) is 3.98. The summed E-state index contributed by atoms with van der Waals surface area (Å²) in [6.45, 7) is 6.18. The average Bonchev–Trinajstić information content (AvgIpc) is 2.56. The lowest BCUT2D eigenvalue weighted by molar-refractivity contribution is -0.146. The molecule has 0 saturated heterocycles. The Kier molecular flexibility index (Phi) is 9.84. The predicted octanol–water partition coefficient (Wildman–Crippen LogP) is 4.62. The number of nitrogens with one attached hydrogen (secondary N) is 1. The van der Waals surface area contributed by atoms with Gasteiger partial charge in [0, 0.05) is 0 Å². The van der Waals surface area contributed by atoms with E-state index in [2.05, 4.69) is 12.2 Å². The van der Waals surface area contributed by atoms with Crippen LogP contribution in [0.4, 0.5) is 8.78 Å². The Hall–Kier alpha value is -1.98. The monoisotopic (exact) mass is 369 g/mol. The molecular formula is C20H29F2NO3. The third kappa shape index (κ3) is 7.50. The molecule has 26 heavy (non-hydrogen) atoms. The zero-order valence-corrected chi connectivity index (χ0v) is 15.8. The number of unbranched alkanes of at least 4 members (excludes halogenated alkanes) is 4. The molecule has 1 aromatic rings. The minimum atomic E-state index is -0.963. The van der Waals surface area contributed by atoms with E-state index >= 15 is 0 Å². The van der Waals surface area contributed by atoms with E-state index < -0.39 is 35.1 Å². The van der Waals surface area contributed by atoms with Gasteiger partial charge in [-0.2, -0.15) is 0 Å². The molecule has 0 radical (unpaired) electrons. The molecule has 1 amide bonds. The summed E-state index contributed by atoms with van der Waals surface area (Å²) < 4.78 is 32.7. The van der Waals surface area contributed by atoms with Gasteiger partial charge in [0.05, 0.1) is 6.61 Å². The van der Waals surface area contributed by atoms with Crippen molar-refractivity contribution in [1.29, 1.82) is 0 Å². The zero-order valence-electron chi connectivity index (χ0n) is 15.8. The Labute approximate surface area is 154 Å². The Morgan fingerprint density at radius 3 is 2.27 bits per heavy atom. The fourth-order valence-corrected chi connectivity index (χ4v) is 2.61. The second kappa shape index (κ2) is 11.6. The molecule has 0 saturated carbocycles. The van der Waals surface area contributed by atoms with Gasteiger partial charge in [0.1, 0.15) is 23.2 Å². The number of esters is 1. The number of benzene rings is 1. The fourth-order valence-electron chi connectivity index (χ4n) is 2.61. The maximum Gasteiger partial charge on any atom is 0.328 e. The largest absolute Gasteiger partial charge is 0.464 e. The summed E-state index contributed by atoms with van der Waals surface area (Å²) in [5.74, 6) is -3.35. The number of amides is 1. The van der Waals surface area contributed by atoms with Gasteiger partial charge in [-0.3, -0.25) is 4.79 Å². The van der Waals surface area contributed by atoms with E-state index in [1.54, 1.807) is 0 Å². The zero-order chi connectivity index (χ0) is 19.5. The van der Waals surface area contributed by atoms with Crippen LogP contribution in [-0.4, -0.2) is 24.5 Å². The highest BCUT2D eigenvalue weighted by atomic mass is 19.1. The predicted molar refractivity (Wildman–Crippen MR) is 96.8 cm³/mol. The molecule has 0 fully saturated rings. The van der Waals surface area contributed by atoms with Crippen LogP contribution < -0.4 is 5.32 Å². The standard InChI is InChI=1S/C20H29F2NO3/c1-4-5-6-7-8-12-26-20(25)17(13-14(2)3)23-19(24)18-15(21)10-9-11-16(18)22/h9-11,14,17H,4-8,12-13H2,1-3H3,(H,23,24). The first-order valence-corrected chi connectivity index (χ1v) is 9.28. The highest BCUT2D eigenvalue weighted by Crippen LogP contribution is 2.14. The van der Waals surface area contributed by atoms with Gasteiger partial charge in [-0.15, -0.1) is 0 Å². The highest BCUT2D eigenvalue weighted by molar-refractivity contribution is 5.97. The Morgan fingerprint density at radius 2 is 1.69 bits per heavy atom. The van der Waals surface area contributed by atoms with Crippen LogP contribution in [0.15, 0.2) is 18.2 Å². The second-order valence-corrected chi connectivity index (χ2v) is 6.83. The van der Waals surface area contributed by atoms with Crippen LogP contribution in [0.25, 0.3) is 0 Å². The third-order valence-corrected chi connectivity index (χ3v) is 3.98. The SMILES string of the molecule is CCCCCCCOC(=O)C(CC(C)C)NC(=O)c1c(F)cccc1F.